The first kappa shape index (κ1) is 15.8. The van der Waals surface area contributed by atoms with Crippen LogP contribution in [0, 0.1) is 0 Å². The molecule has 0 aliphatic rings. The fourth-order valence-electron chi connectivity index (χ4n) is 2.28. The molecular weight excluding hydrogens is 336 g/mol. The van der Waals surface area contributed by atoms with Crippen molar-refractivity contribution in [3.63, 3.8) is 0 Å². The van der Waals surface area contributed by atoms with E-state index in [1.54, 1.807) is 20.4 Å². The molecule has 1 aromatic carbocycles. The van der Waals surface area contributed by atoms with Gasteiger partial charge in [0.15, 0.2) is 0 Å². The summed E-state index contributed by atoms with van der Waals surface area (Å²) < 4.78 is 13.5. The van der Waals surface area contributed by atoms with E-state index < -0.39 is 0 Å². The molecule has 0 saturated heterocycles. The Bertz CT molecular complexity index is 615. The van der Waals surface area contributed by atoms with E-state index in [2.05, 4.69) is 26.5 Å². The van der Waals surface area contributed by atoms with E-state index >= 15 is 0 Å². The number of ether oxygens (including phenoxy) is 2. The highest BCUT2D eigenvalue weighted by Crippen LogP contribution is 2.35. The summed E-state index contributed by atoms with van der Waals surface area (Å²) in [7, 11) is 3.24. The van der Waals surface area contributed by atoms with E-state index in [1.807, 2.05) is 29.8 Å². The van der Waals surface area contributed by atoms with Gasteiger partial charge in [0.05, 0.1) is 36.6 Å². The van der Waals surface area contributed by atoms with Gasteiger partial charge >= 0.3 is 0 Å². The highest BCUT2D eigenvalue weighted by atomic mass is 79.9. The highest BCUT2D eigenvalue weighted by molar-refractivity contribution is 9.10. The number of aryl methyl sites for hydroxylation is 1. The Morgan fingerprint density at radius 1 is 1.38 bits per heavy atom. The van der Waals surface area contributed by atoms with Crippen LogP contribution in [0.4, 0.5) is 0 Å². The molecule has 0 bridgehead atoms. The minimum atomic E-state index is -0.248. The summed E-state index contributed by atoms with van der Waals surface area (Å²) in [5.41, 5.74) is 4.70. The van der Waals surface area contributed by atoms with Crippen LogP contribution in [0.5, 0.6) is 11.5 Å². The van der Waals surface area contributed by atoms with Crippen LogP contribution in [0.25, 0.3) is 0 Å². The number of hydrogen-bond acceptors (Lipinski definition) is 5. The second-order valence-corrected chi connectivity index (χ2v) is 5.26. The summed E-state index contributed by atoms with van der Waals surface area (Å²) in [6.45, 7) is 2.78. The summed E-state index contributed by atoms with van der Waals surface area (Å²) in [6.07, 6.45) is 1.76. The van der Waals surface area contributed by atoms with Crippen LogP contribution in [0.1, 0.15) is 24.2 Å². The first-order valence-electron chi connectivity index (χ1n) is 6.55. The molecule has 0 aliphatic heterocycles. The van der Waals surface area contributed by atoms with Crippen molar-refractivity contribution in [1.82, 2.24) is 15.2 Å². The maximum atomic E-state index is 5.78. The van der Waals surface area contributed by atoms with E-state index in [-0.39, 0.29) is 6.04 Å². The monoisotopic (exact) mass is 354 g/mol. The van der Waals surface area contributed by atoms with Crippen LogP contribution in [-0.2, 0) is 6.54 Å². The molecule has 0 spiro atoms. The predicted octanol–water partition coefficient (Wildman–Crippen LogP) is 2.24. The molecule has 0 fully saturated rings. The largest absolute Gasteiger partial charge is 0.497 e. The van der Waals surface area contributed by atoms with Gasteiger partial charge in [-0.15, -0.1) is 0 Å². The van der Waals surface area contributed by atoms with Gasteiger partial charge in [0, 0.05) is 18.2 Å². The van der Waals surface area contributed by atoms with Gasteiger partial charge in [-0.2, -0.15) is 5.10 Å². The molecule has 114 valence electrons. The Hall–Kier alpha value is -1.57. The molecular formula is C14H19BrN4O2. The van der Waals surface area contributed by atoms with Crippen LogP contribution < -0.4 is 20.7 Å². The second-order valence-electron chi connectivity index (χ2n) is 4.40. The Balaban J connectivity index is 2.53. The van der Waals surface area contributed by atoms with Crippen molar-refractivity contribution in [2.24, 2.45) is 5.84 Å². The van der Waals surface area contributed by atoms with Crippen molar-refractivity contribution in [2.75, 3.05) is 14.2 Å². The number of benzene rings is 1. The average molecular weight is 355 g/mol. The number of nitrogens with one attached hydrogen (secondary N) is 1. The molecule has 0 saturated carbocycles. The number of hydrogen-bond donors (Lipinski definition) is 2. The molecule has 2 rings (SSSR count). The SMILES string of the molecule is CCn1ncc(Br)c1C(NN)c1ccc(OC)cc1OC. The van der Waals surface area contributed by atoms with Gasteiger partial charge in [-0.1, -0.05) is 0 Å². The third-order valence-electron chi connectivity index (χ3n) is 3.32. The van der Waals surface area contributed by atoms with Crippen molar-refractivity contribution >= 4 is 15.9 Å². The number of hydrazine groups is 1. The lowest BCUT2D eigenvalue weighted by atomic mass is 10.0. The van der Waals surface area contributed by atoms with Gasteiger partial charge in [0.25, 0.3) is 0 Å². The molecule has 7 heteroatoms. The Morgan fingerprint density at radius 2 is 2.14 bits per heavy atom. The van der Waals surface area contributed by atoms with E-state index in [1.165, 1.54) is 0 Å². The van der Waals surface area contributed by atoms with Crippen molar-refractivity contribution in [2.45, 2.75) is 19.5 Å². The molecule has 1 atom stereocenters. The summed E-state index contributed by atoms with van der Waals surface area (Å²) in [4.78, 5) is 0. The third kappa shape index (κ3) is 3.04. The number of nitrogens with two attached hydrogens (primary N) is 1. The van der Waals surface area contributed by atoms with Crippen LogP contribution >= 0.6 is 15.9 Å². The van der Waals surface area contributed by atoms with Gasteiger partial charge < -0.3 is 9.47 Å². The maximum absolute atomic E-state index is 5.78. The fourth-order valence-corrected chi connectivity index (χ4v) is 2.81. The van der Waals surface area contributed by atoms with Gasteiger partial charge in [-0.25, -0.2) is 5.43 Å². The molecule has 1 unspecified atom stereocenters. The molecule has 21 heavy (non-hydrogen) atoms. The first-order chi connectivity index (χ1) is 10.2. The second kappa shape index (κ2) is 6.93. The van der Waals surface area contributed by atoms with Crippen molar-refractivity contribution in [1.29, 1.82) is 0 Å². The van der Waals surface area contributed by atoms with E-state index in [0.29, 0.717) is 5.75 Å². The zero-order chi connectivity index (χ0) is 15.4. The zero-order valence-electron chi connectivity index (χ0n) is 12.3. The molecule has 1 aromatic heterocycles. The maximum Gasteiger partial charge on any atom is 0.127 e. The van der Waals surface area contributed by atoms with Gasteiger partial charge in [-0.3, -0.25) is 10.5 Å². The van der Waals surface area contributed by atoms with E-state index in [9.17, 15) is 0 Å². The van der Waals surface area contributed by atoms with Gasteiger partial charge in [0.2, 0.25) is 0 Å². The minimum absolute atomic E-state index is 0.248. The standard InChI is InChI=1S/C14H19BrN4O2/c1-4-19-14(11(15)8-17-19)13(18-16)10-6-5-9(20-2)7-12(10)21-3/h5-8,13,18H,4,16H2,1-3H3. The lowest BCUT2D eigenvalue weighted by Gasteiger charge is -2.21. The van der Waals surface area contributed by atoms with Gasteiger partial charge in [-0.05, 0) is 35.0 Å². The molecule has 2 aromatic rings. The lowest BCUT2D eigenvalue weighted by Crippen LogP contribution is -2.31. The third-order valence-corrected chi connectivity index (χ3v) is 3.94. The molecule has 0 amide bonds. The topological polar surface area (TPSA) is 74.3 Å². The van der Waals surface area contributed by atoms with E-state index in [0.717, 1.165) is 28.0 Å². The number of halogens is 1. The van der Waals surface area contributed by atoms with Crippen molar-refractivity contribution in [3.8, 4) is 11.5 Å². The zero-order valence-corrected chi connectivity index (χ0v) is 13.8. The number of methoxy groups -OCH3 is 2. The summed E-state index contributed by atoms with van der Waals surface area (Å²) >= 11 is 3.53. The number of aromatic nitrogens is 2. The van der Waals surface area contributed by atoms with Crippen LogP contribution in [0.15, 0.2) is 28.9 Å². The fraction of sp³-hybridized carbons (Fsp3) is 0.357. The van der Waals surface area contributed by atoms with Gasteiger partial charge in [0.1, 0.15) is 11.5 Å². The smallest absolute Gasteiger partial charge is 0.127 e. The van der Waals surface area contributed by atoms with Crippen LogP contribution in [0.3, 0.4) is 0 Å². The number of nitrogens with zero attached hydrogens (tertiary/aromatic N) is 2. The summed E-state index contributed by atoms with van der Waals surface area (Å²) in [5, 5.41) is 4.33. The van der Waals surface area contributed by atoms with Crippen molar-refractivity contribution < 1.29 is 9.47 Å². The molecule has 0 radical (unpaired) electrons. The molecule has 1 heterocycles. The molecule has 3 N–H and O–H groups in total. The minimum Gasteiger partial charge on any atom is -0.497 e. The molecule has 0 aliphatic carbocycles. The molecule has 6 nitrogen and oxygen atoms in total. The highest BCUT2D eigenvalue weighted by Gasteiger charge is 2.23. The average Bonchev–Trinajstić information content (AvgIpc) is 2.89. The Morgan fingerprint density at radius 3 is 2.71 bits per heavy atom. The van der Waals surface area contributed by atoms with Crippen LogP contribution in [-0.4, -0.2) is 24.0 Å². The first-order valence-corrected chi connectivity index (χ1v) is 7.34. The normalized spacial score (nSPS) is 12.2. The summed E-state index contributed by atoms with van der Waals surface area (Å²) in [6, 6.07) is 5.40. The predicted molar refractivity (Wildman–Crippen MR) is 84.3 cm³/mol. The lowest BCUT2D eigenvalue weighted by molar-refractivity contribution is 0.386. The Kier molecular flexibility index (Phi) is 5.22. The number of rotatable bonds is 6. The quantitative estimate of drug-likeness (QED) is 0.614. The van der Waals surface area contributed by atoms with Crippen LogP contribution in [0.2, 0.25) is 0 Å². The van der Waals surface area contributed by atoms with E-state index in [4.69, 9.17) is 15.3 Å². The Labute approximate surface area is 132 Å². The van der Waals surface area contributed by atoms with Crippen molar-refractivity contribution in [3.05, 3.63) is 40.1 Å². The summed E-state index contributed by atoms with van der Waals surface area (Å²) in [5.74, 6) is 7.22.